The molecule has 0 aromatic heterocycles. The lowest BCUT2D eigenvalue weighted by Gasteiger charge is -2.34. The van der Waals surface area contributed by atoms with Crippen LogP contribution < -0.4 is 4.74 Å². The molecular formula is C30H38O3. The Morgan fingerprint density at radius 1 is 1.00 bits per heavy atom. The minimum Gasteiger partial charge on any atom is -0.487 e. The molecule has 1 aliphatic rings. The number of rotatable bonds is 8. The highest BCUT2D eigenvalue weighted by molar-refractivity contribution is 5.90. The summed E-state index contributed by atoms with van der Waals surface area (Å²) in [6.07, 6.45) is 6.89. The molecule has 0 aliphatic heterocycles. The van der Waals surface area contributed by atoms with E-state index in [0.717, 1.165) is 36.3 Å². The number of esters is 1. The predicted octanol–water partition coefficient (Wildman–Crippen LogP) is 7.94. The molecule has 0 saturated heterocycles. The highest BCUT2D eigenvalue weighted by Crippen LogP contribution is 2.41. The average Bonchev–Trinajstić information content (AvgIpc) is 2.81. The molecule has 2 aromatic rings. The van der Waals surface area contributed by atoms with E-state index in [9.17, 15) is 4.79 Å². The Balaban J connectivity index is 1.80. The zero-order chi connectivity index (χ0) is 24.2. The van der Waals surface area contributed by atoms with Crippen molar-refractivity contribution in [2.24, 2.45) is 5.92 Å². The van der Waals surface area contributed by atoms with Crippen LogP contribution in [0.5, 0.6) is 5.75 Å². The Morgan fingerprint density at radius 3 is 2.24 bits per heavy atom. The van der Waals surface area contributed by atoms with Crippen LogP contribution in [-0.2, 0) is 10.2 Å². The van der Waals surface area contributed by atoms with E-state index in [1.165, 1.54) is 11.1 Å². The van der Waals surface area contributed by atoms with Gasteiger partial charge in [-0.05, 0) is 68.5 Å². The molecule has 1 unspecified atom stereocenters. The van der Waals surface area contributed by atoms with Gasteiger partial charge in [-0.2, -0.15) is 0 Å². The topological polar surface area (TPSA) is 35.5 Å². The summed E-state index contributed by atoms with van der Waals surface area (Å²) in [7, 11) is 0. The molecule has 0 fully saturated rings. The molecule has 3 rings (SSSR count). The molecule has 0 heterocycles. The molecule has 1 aliphatic carbocycles. The maximum atomic E-state index is 12.5. The summed E-state index contributed by atoms with van der Waals surface area (Å²) in [5.41, 5.74) is 4.05. The number of ether oxygens (including phenoxy) is 2. The smallest absolute Gasteiger partial charge is 0.343 e. The van der Waals surface area contributed by atoms with Crippen molar-refractivity contribution in [2.75, 3.05) is 0 Å². The normalized spacial score (nSPS) is 16.6. The second-order valence-corrected chi connectivity index (χ2v) is 9.99. The highest BCUT2D eigenvalue weighted by atomic mass is 16.5. The summed E-state index contributed by atoms with van der Waals surface area (Å²) < 4.78 is 12.1. The summed E-state index contributed by atoms with van der Waals surface area (Å²) in [4.78, 5) is 12.5. The fourth-order valence-corrected chi connectivity index (χ4v) is 4.18. The molecule has 3 heteroatoms. The molecular weight excluding hydrogens is 408 g/mol. The molecule has 3 nitrogen and oxygen atoms in total. The van der Waals surface area contributed by atoms with Crippen molar-refractivity contribution in [2.45, 2.75) is 78.7 Å². The highest BCUT2D eigenvalue weighted by Gasteiger charge is 2.31. The van der Waals surface area contributed by atoms with Crippen LogP contribution in [0.1, 0.15) is 82.3 Å². The van der Waals surface area contributed by atoms with Crippen LogP contribution >= 0.6 is 0 Å². The molecule has 0 bridgehead atoms. The molecule has 0 spiro atoms. The number of carbonyl (C=O) groups is 1. The van der Waals surface area contributed by atoms with Crippen molar-refractivity contribution in [3.63, 3.8) is 0 Å². The van der Waals surface area contributed by atoms with Crippen molar-refractivity contribution >= 4 is 5.97 Å². The Bertz CT molecular complexity index is 1040. The zero-order valence-electron chi connectivity index (χ0n) is 21.2. The van der Waals surface area contributed by atoms with Gasteiger partial charge in [0.05, 0.1) is 5.56 Å². The molecule has 2 aromatic carbocycles. The van der Waals surface area contributed by atoms with E-state index < -0.39 is 0 Å². The van der Waals surface area contributed by atoms with Gasteiger partial charge in [0.2, 0.25) is 0 Å². The van der Waals surface area contributed by atoms with E-state index >= 15 is 0 Å². The van der Waals surface area contributed by atoms with Gasteiger partial charge in [0.1, 0.15) is 17.1 Å². The van der Waals surface area contributed by atoms with Crippen LogP contribution in [0.4, 0.5) is 0 Å². The van der Waals surface area contributed by atoms with Gasteiger partial charge in [-0.1, -0.05) is 76.6 Å². The van der Waals surface area contributed by atoms with E-state index in [1.54, 1.807) is 12.1 Å². The van der Waals surface area contributed by atoms with Gasteiger partial charge in [0.15, 0.2) is 0 Å². The Kier molecular flexibility index (Phi) is 7.51. The van der Waals surface area contributed by atoms with Crippen LogP contribution in [0.3, 0.4) is 0 Å². The lowest BCUT2D eigenvalue weighted by Crippen LogP contribution is -2.30. The fraction of sp³-hybridized carbons (Fsp3) is 0.433. The lowest BCUT2D eigenvalue weighted by atomic mass is 9.72. The monoisotopic (exact) mass is 446 g/mol. The van der Waals surface area contributed by atoms with Gasteiger partial charge < -0.3 is 9.47 Å². The summed E-state index contributed by atoms with van der Waals surface area (Å²) in [6.45, 7) is 15.3. The van der Waals surface area contributed by atoms with E-state index in [4.69, 9.17) is 9.47 Å². The summed E-state index contributed by atoms with van der Waals surface area (Å²) in [6, 6.07) is 15.7. The molecule has 0 N–H and O–H groups in total. The predicted molar refractivity (Wildman–Crippen MR) is 136 cm³/mol. The summed E-state index contributed by atoms with van der Waals surface area (Å²) in [5.74, 6) is 1.51. The Hall–Kier alpha value is -2.81. The van der Waals surface area contributed by atoms with Crippen LogP contribution in [-0.4, -0.2) is 11.6 Å². The zero-order valence-corrected chi connectivity index (χ0v) is 21.2. The van der Waals surface area contributed by atoms with Crippen molar-refractivity contribution in [3.8, 4) is 5.75 Å². The van der Waals surface area contributed by atoms with Crippen LogP contribution in [0.25, 0.3) is 0 Å². The van der Waals surface area contributed by atoms with Gasteiger partial charge in [-0.3, -0.25) is 0 Å². The second kappa shape index (κ2) is 9.99. The minimum atomic E-state index is -0.304. The van der Waals surface area contributed by atoms with Crippen molar-refractivity contribution < 1.29 is 14.3 Å². The van der Waals surface area contributed by atoms with E-state index in [0.29, 0.717) is 5.56 Å². The first-order valence-corrected chi connectivity index (χ1v) is 12.1. The maximum Gasteiger partial charge on any atom is 0.343 e. The number of carbonyl (C=O) groups excluding carboxylic acids is 1. The minimum absolute atomic E-state index is 0.135. The number of hydrogen-bond donors (Lipinski definition) is 0. The molecule has 0 saturated carbocycles. The first-order chi connectivity index (χ1) is 15.6. The Labute approximate surface area is 199 Å². The van der Waals surface area contributed by atoms with Gasteiger partial charge in [-0.15, -0.1) is 0 Å². The van der Waals surface area contributed by atoms with Crippen molar-refractivity contribution in [3.05, 3.63) is 88.7 Å². The maximum absolute atomic E-state index is 12.5. The molecule has 33 heavy (non-hydrogen) atoms. The number of aryl methyl sites for hydroxylation is 1. The number of allylic oxidation sites excluding steroid dienone is 4. The standard InChI is InChI=1S/C30H38O3/c1-8-30(7,9-2)33-27-18-16-25(20-22(27)4)29(5,6)24-15-17-26(21(3)19-24)32-28(31)23-13-11-10-12-14-23/h10-18,20-21H,8-9,19H2,1-7H3. The third-order valence-electron chi connectivity index (χ3n) is 7.23. The average molecular weight is 447 g/mol. The first kappa shape index (κ1) is 24.8. The third kappa shape index (κ3) is 5.58. The Morgan fingerprint density at radius 2 is 1.67 bits per heavy atom. The van der Waals surface area contributed by atoms with Gasteiger partial charge in [0.25, 0.3) is 0 Å². The molecule has 0 amide bonds. The van der Waals surface area contributed by atoms with E-state index in [2.05, 4.69) is 72.7 Å². The van der Waals surface area contributed by atoms with Crippen LogP contribution in [0.15, 0.2) is 72.0 Å². The number of benzene rings is 2. The largest absolute Gasteiger partial charge is 0.487 e. The molecule has 176 valence electrons. The first-order valence-electron chi connectivity index (χ1n) is 12.1. The quantitative estimate of drug-likeness (QED) is 0.386. The van der Waals surface area contributed by atoms with Gasteiger partial charge >= 0.3 is 5.97 Å². The van der Waals surface area contributed by atoms with E-state index in [1.807, 2.05) is 24.3 Å². The molecule has 1 atom stereocenters. The SMILES string of the molecule is CCC(C)(CC)Oc1ccc(C(C)(C)C2=CC=C(OC(=O)c3ccccc3)C(C)C2)cc1C. The fourth-order valence-electron chi connectivity index (χ4n) is 4.18. The van der Waals surface area contributed by atoms with Crippen molar-refractivity contribution in [1.82, 2.24) is 0 Å². The second-order valence-electron chi connectivity index (χ2n) is 9.99. The van der Waals surface area contributed by atoms with E-state index in [-0.39, 0.29) is 22.9 Å². The summed E-state index contributed by atoms with van der Waals surface area (Å²) >= 11 is 0. The van der Waals surface area contributed by atoms with Crippen LogP contribution in [0, 0.1) is 12.8 Å². The van der Waals surface area contributed by atoms with Crippen molar-refractivity contribution in [1.29, 1.82) is 0 Å². The van der Waals surface area contributed by atoms with Crippen LogP contribution in [0.2, 0.25) is 0 Å². The number of hydrogen-bond acceptors (Lipinski definition) is 3. The third-order valence-corrected chi connectivity index (χ3v) is 7.23. The summed E-state index contributed by atoms with van der Waals surface area (Å²) in [5, 5.41) is 0. The van der Waals surface area contributed by atoms with Gasteiger partial charge in [-0.25, -0.2) is 4.79 Å². The lowest BCUT2D eigenvalue weighted by molar-refractivity contribution is 0.0589. The molecule has 0 radical (unpaired) electrons. The van der Waals surface area contributed by atoms with Gasteiger partial charge in [0, 0.05) is 11.3 Å².